The number of unbranched alkanes of at least 4 members (excludes halogenated alkanes) is 3. The maximum Gasteiger partial charge on any atom is 0.318 e. The second-order valence-electron chi connectivity index (χ2n) is 3.57. The molecule has 0 radical (unpaired) electrons. The number of rotatable bonds is 9. The van der Waals surface area contributed by atoms with Crippen LogP contribution in [0.4, 0.5) is 0 Å². The molecule has 0 aromatic rings. The van der Waals surface area contributed by atoms with Gasteiger partial charge in [0.15, 0.2) is 0 Å². The molecule has 0 aromatic carbocycles. The monoisotopic (exact) mass is 234 g/mol. The fourth-order valence-electron chi connectivity index (χ4n) is 1.09. The minimum atomic E-state index is -1.03. The van der Waals surface area contributed by atoms with Crippen LogP contribution in [0.5, 0.6) is 0 Å². The van der Waals surface area contributed by atoms with Crippen LogP contribution in [0.15, 0.2) is 0 Å². The average molecular weight is 234 g/mol. The topological polar surface area (TPSA) is 43.4 Å². The van der Waals surface area contributed by atoms with Gasteiger partial charge in [-0.2, -0.15) is 0 Å². The highest BCUT2D eigenvalue weighted by Crippen LogP contribution is 1.98. The van der Waals surface area contributed by atoms with Crippen molar-refractivity contribution in [2.45, 2.75) is 46.0 Å². The van der Waals surface area contributed by atoms with E-state index in [1.54, 1.807) is 0 Å². The molecule has 0 aliphatic heterocycles. The molecule has 3 nitrogen and oxygen atoms in total. The van der Waals surface area contributed by atoms with Gasteiger partial charge in [0.25, 0.3) is 0 Å². The van der Waals surface area contributed by atoms with E-state index >= 15 is 0 Å². The Labute approximate surface area is 95.0 Å². The first-order valence-corrected chi connectivity index (χ1v) is 7.20. The van der Waals surface area contributed by atoms with E-state index in [1.807, 2.05) is 6.92 Å². The fourth-order valence-corrected chi connectivity index (χ4v) is 2.11. The van der Waals surface area contributed by atoms with Crippen LogP contribution >= 0.6 is 0 Å². The van der Waals surface area contributed by atoms with Gasteiger partial charge in [-0.15, -0.1) is 0 Å². The summed E-state index contributed by atoms with van der Waals surface area (Å²) in [7, 11) is -1.03. The normalized spacial score (nSPS) is 12.4. The van der Waals surface area contributed by atoms with Crippen molar-refractivity contribution in [1.82, 2.24) is 0 Å². The van der Waals surface area contributed by atoms with Crippen LogP contribution in [0.1, 0.15) is 46.0 Å². The molecule has 0 bridgehead atoms. The highest BCUT2D eigenvalue weighted by atomic mass is 32.2. The highest BCUT2D eigenvalue weighted by Gasteiger charge is 2.08. The maximum atomic E-state index is 11.4. The Kier molecular flexibility index (Phi) is 9.89. The summed E-state index contributed by atoms with van der Waals surface area (Å²) < 4.78 is 16.3. The fraction of sp³-hybridized carbons (Fsp3) is 0.909. The van der Waals surface area contributed by atoms with E-state index in [0.29, 0.717) is 12.4 Å². The van der Waals surface area contributed by atoms with Crippen molar-refractivity contribution in [3.63, 3.8) is 0 Å². The van der Waals surface area contributed by atoms with Crippen LogP contribution in [-0.2, 0) is 20.3 Å². The predicted molar refractivity (Wildman–Crippen MR) is 63.3 cm³/mol. The largest absolute Gasteiger partial charge is 0.465 e. The molecule has 0 aliphatic rings. The molecule has 0 spiro atoms. The molecule has 0 aliphatic carbocycles. The summed E-state index contributed by atoms with van der Waals surface area (Å²) in [5, 5.41) is 0. The van der Waals surface area contributed by atoms with Crippen LogP contribution in [0.3, 0.4) is 0 Å². The van der Waals surface area contributed by atoms with Crippen LogP contribution in [0.25, 0.3) is 0 Å². The van der Waals surface area contributed by atoms with Gasteiger partial charge in [-0.3, -0.25) is 9.00 Å². The van der Waals surface area contributed by atoms with Gasteiger partial charge >= 0.3 is 5.97 Å². The van der Waals surface area contributed by atoms with Gasteiger partial charge in [0.05, 0.1) is 6.61 Å². The second kappa shape index (κ2) is 10.1. The van der Waals surface area contributed by atoms with Gasteiger partial charge in [-0.05, 0) is 12.8 Å². The summed E-state index contributed by atoms with van der Waals surface area (Å²) in [5.41, 5.74) is 0. The smallest absolute Gasteiger partial charge is 0.318 e. The third-order valence-electron chi connectivity index (χ3n) is 2.02. The minimum Gasteiger partial charge on any atom is -0.465 e. The lowest BCUT2D eigenvalue weighted by Gasteiger charge is -2.03. The number of carbonyl (C=O) groups excluding carboxylic acids is 1. The minimum absolute atomic E-state index is 0.0629. The van der Waals surface area contributed by atoms with E-state index in [4.69, 9.17) is 4.74 Å². The molecule has 0 N–H and O–H groups in total. The Morgan fingerprint density at radius 2 is 1.80 bits per heavy atom. The van der Waals surface area contributed by atoms with Crippen LogP contribution in [0, 0.1) is 0 Å². The van der Waals surface area contributed by atoms with Crippen molar-refractivity contribution in [1.29, 1.82) is 0 Å². The maximum absolute atomic E-state index is 11.4. The number of hydrogen-bond donors (Lipinski definition) is 0. The lowest BCUT2D eigenvalue weighted by molar-refractivity contribution is -0.140. The first-order chi connectivity index (χ1) is 7.20. The number of ether oxygens (including phenoxy) is 1. The lowest BCUT2D eigenvalue weighted by Crippen LogP contribution is -2.16. The molecule has 1 atom stereocenters. The van der Waals surface area contributed by atoms with Gasteiger partial charge < -0.3 is 4.74 Å². The van der Waals surface area contributed by atoms with Crippen molar-refractivity contribution >= 4 is 16.8 Å². The summed E-state index contributed by atoms with van der Waals surface area (Å²) in [6, 6.07) is 0. The molecule has 90 valence electrons. The highest BCUT2D eigenvalue weighted by molar-refractivity contribution is 7.85. The summed E-state index contributed by atoms with van der Waals surface area (Å²) in [6.07, 6.45) is 5.02. The third kappa shape index (κ3) is 9.91. The van der Waals surface area contributed by atoms with E-state index in [9.17, 15) is 9.00 Å². The standard InChI is InChI=1S/C11H22O3S/c1-3-5-7-9-15(13)10-11(12)14-8-6-4-2/h3-10H2,1-2H3. The van der Waals surface area contributed by atoms with Crippen molar-refractivity contribution < 1.29 is 13.7 Å². The molecule has 4 heteroatoms. The van der Waals surface area contributed by atoms with E-state index in [-0.39, 0.29) is 11.7 Å². The summed E-state index contributed by atoms with van der Waals surface area (Å²) in [5.74, 6) is 0.364. The molecule has 1 unspecified atom stereocenters. The Balaban J connectivity index is 3.45. The van der Waals surface area contributed by atoms with Gasteiger partial charge in [0.1, 0.15) is 5.75 Å². The van der Waals surface area contributed by atoms with Gasteiger partial charge in [-0.1, -0.05) is 33.1 Å². The molecule has 0 saturated carbocycles. The molecule has 0 rings (SSSR count). The zero-order chi connectivity index (χ0) is 11.5. The number of hydrogen-bond acceptors (Lipinski definition) is 3. The van der Waals surface area contributed by atoms with E-state index in [0.717, 1.165) is 32.1 Å². The first-order valence-electron chi connectivity index (χ1n) is 5.71. The zero-order valence-electron chi connectivity index (χ0n) is 9.79. The Morgan fingerprint density at radius 3 is 2.40 bits per heavy atom. The van der Waals surface area contributed by atoms with Crippen LogP contribution < -0.4 is 0 Å². The SMILES string of the molecule is CCCCCS(=O)CC(=O)OCCCC. The van der Waals surface area contributed by atoms with Crippen LogP contribution in [0.2, 0.25) is 0 Å². The zero-order valence-corrected chi connectivity index (χ0v) is 10.6. The molecule has 0 saturated heterocycles. The number of esters is 1. The average Bonchev–Trinajstić information content (AvgIpc) is 2.18. The molecular weight excluding hydrogens is 212 g/mol. The van der Waals surface area contributed by atoms with Crippen LogP contribution in [-0.4, -0.2) is 28.3 Å². The van der Waals surface area contributed by atoms with Gasteiger partial charge in [-0.25, -0.2) is 0 Å². The molecule has 0 amide bonds. The van der Waals surface area contributed by atoms with E-state index < -0.39 is 10.8 Å². The van der Waals surface area contributed by atoms with Crippen molar-refractivity contribution in [3.05, 3.63) is 0 Å². The Bertz CT molecular complexity index is 172. The molecule has 0 heterocycles. The first kappa shape index (κ1) is 14.6. The summed E-state index contributed by atoms with van der Waals surface area (Å²) in [4.78, 5) is 11.1. The van der Waals surface area contributed by atoms with Crippen molar-refractivity contribution in [2.75, 3.05) is 18.1 Å². The molecule has 15 heavy (non-hydrogen) atoms. The van der Waals surface area contributed by atoms with E-state index in [1.165, 1.54) is 0 Å². The second-order valence-corrected chi connectivity index (χ2v) is 5.15. The van der Waals surface area contributed by atoms with E-state index in [2.05, 4.69) is 6.92 Å². The predicted octanol–water partition coefficient (Wildman–Crippen LogP) is 2.27. The Hall–Kier alpha value is -0.380. The van der Waals surface area contributed by atoms with Gasteiger partial charge in [0, 0.05) is 16.6 Å². The third-order valence-corrected chi connectivity index (χ3v) is 3.32. The van der Waals surface area contributed by atoms with Gasteiger partial charge in [0.2, 0.25) is 0 Å². The van der Waals surface area contributed by atoms with Crippen molar-refractivity contribution in [2.24, 2.45) is 0 Å². The molecule has 0 aromatic heterocycles. The lowest BCUT2D eigenvalue weighted by atomic mass is 10.3. The summed E-state index contributed by atoms with van der Waals surface area (Å²) >= 11 is 0. The quantitative estimate of drug-likeness (QED) is 0.454. The Morgan fingerprint density at radius 1 is 1.13 bits per heavy atom. The van der Waals surface area contributed by atoms with Crippen molar-refractivity contribution in [3.8, 4) is 0 Å². The molecule has 0 fully saturated rings. The summed E-state index contributed by atoms with van der Waals surface area (Å²) in [6.45, 7) is 4.60. The number of carbonyl (C=O) groups is 1. The molecular formula is C11H22O3S.